The van der Waals surface area contributed by atoms with Crippen molar-refractivity contribution in [3.8, 4) is 5.75 Å². The van der Waals surface area contributed by atoms with Gasteiger partial charge in [0.15, 0.2) is 0 Å². The molecule has 4 aliphatic rings. The van der Waals surface area contributed by atoms with Gasteiger partial charge < -0.3 is 4.74 Å². The topological polar surface area (TPSA) is 52.4 Å². The Morgan fingerprint density at radius 3 is 2.28 bits per heavy atom. The minimum atomic E-state index is -0.421. The first-order valence-electron chi connectivity index (χ1n) is 9.56. The molecular weight excluding hydrogens is 314 g/mol. The van der Waals surface area contributed by atoms with Crippen molar-refractivity contribution in [2.45, 2.75) is 63.9 Å². The molecule has 4 aliphatic carbocycles. The number of rotatable bonds is 5. The van der Waals surface area contributed by atoms with E-state index in [1.54, 1.807) is 6.08 Å². The van der Waals surface area contributed by atoms with Crippen LogP contribution < -0.4 is 4.74 Å². The highest BCUT2D eigenvalue weighted by atomic mass is 16.6. The Balaban J connectivity index is 1.72. The predicted octanol–water partition coefficient (Wildman–Crippen LogP) is 5.19. The zero-order chi connectivity index (χ0) is 17.6. The predicted molar refractivity (Wildman–Crippen MR) is 98.1 cm³/mol. The molecule has 0 spiro atoms. The molecule has 0 aromatic heterocycles. The largest absolute Gasteiger partial charge is 0.491 e. The number of hydrogen-bond acceptors (Lipinski definition) is 3. The van der Waals surface area contributed by atoms with E-state index in [1.807, 2.05) is 26.0 Å². The molecular formula is C21H27NO3. The minimum Gasteiger partial charge on any atom is -0.491 e. The lowest BCUT2D eigenvalue weighted by molar-refractivity contribution is -0.400. The maximum absolute atomic E-state index is 10.6. The van der Waals surface area contributed by atoms with Gasteiger partial charge in [-0.1, -0.05) is 12.1 Å². The van der Waals surface area contributed by atoms with E-state index >= 15 is 0 Å². The fourth-order valence-corrected chi connectivity index (χ4v) is 6.02. The van der Waals surface area contributed by atoms with Crippen molar-refractivity contribution in [1.82, 2.24) is 0 Å². The van der Waals surface area contributed by atoms with Crippen LogP contribution in [0, 0.1) is 27.9 Å². The third kappa shape index (κ3) is 3.19. The van der Waals surface area contributed by atoms with Gasteiger partial charge in [0.05, 0.1) is 11.0 Å². The van der Waals surface area contributed by atoms with Crippen molar-refractivity contribution in [3.63, 3.8) is 0 Å². The molecule has 4 heteroatoms. The molecule has 1 aromatic rings. The third-order valence-electron chi connectivity index (χ3n) is 6.37. The zero-order valence-electron chi connectivity index (χ0n) is 15.1. The Labute approximate surface area is 149 Å². The molecule has 4 nitrogen and oxygen atoms in total. The van der Waals surface area contributed by atoms with Crippen LogP contribution in [-0.4, -0.2) is 11.0 Å². The fourth-order valence-electron chi connectivity index (χ4n) is 6.02. The van der Waals surface area contributed by atoms with Crippen LogP contribution in [0.3, 0.4) is 0 Å². The number of ether oxygens (including phenoxy) is 1. The van der Waals surface area contributed by atoms with Crippen LogP contribution in [0.4, 0.5) is 0 Å². The number of nitrogens with zero attached hydrogens (tertiary/aromatic N) is 1. The molecule has 0 radical (unpaired) electrons. The molecule has 0 unspecified atom stereocenters. The molecule has 25 heavy (non-hydrogen) atoms. The van der Waals surface area contributed by atoms with Crippen LogP contribution >= 0.6 is 0 Å². The van der Waals surface area contributed by atoms with Gasteiger partial charge in [0, 0.05) is 11.6 Å². The lowest BCUT2D eigenvalue weighted by atomic mass is 9.48. The molecule has 4 saturated carbocycles. The smallest absolute Gasteiger partial charge is 0.235 e. The maximum atomic E-state index is 10.6. The average molecular weight is 341 g/mol. The molecule has 0 atom stereocenters. The van der Waals surface area contributed by atoms with Crippen molar-refractivity contribution in [1.29, 1.82) is 0 Å². The SMILES string of the molecule is CC(C)Oc1cc(/C=C/[N+](=O)[O-])ccc1C12CC3CC(CC(C3)C1)C2. The van der Waals surface area contributed by atoms with Crippen LogP contribution in [0.25, 0.3) is 6.08 Å². The standard InChI is InChI=1S/C21H27NO3/c1-14(2)25-20-10-15(5-6-22(23)24)3-4-19(20)21-11-16-7-17(12-21)9-18(8-16)13-21/h3-6,10,14,16-18H,7-9,11-13H2,1-2H3/b6-5+. The molecule has 0 N–H and O–H groups in total. The normalized spacial score (nSPS) is 33.3. The second kappa shape index (κ2) is 6.15. The first kappa shape index (κ1) is 16.6. The minimum absolute atomic E-state index is 0.0995. The molecule has 134 valence electrons. The molecule has 0 aliphatic heterocycles. The summed E-state index contributed by atoms with van der Waals surface area (Å²) in [5.74, 6) is 3.58. The first-order chi connectivity index (χ1) is 11.9. The lowest BCUT2D eigenvalue weighted by Crippen LogP contribution is -2.48. The van der Waals surface area contributed by atoms with E-state index in [4.69, 9.17) is 4.74 Å². The molecule has 0 heterocycles. The number of benzene rings is 1. The van der Waals surface area contributed by atoms with Gasteiger partial charge in [-0.2, -0.15) is 0 Å². The number of hydrogen-bond donors (Lipinski definition) is 0. The molecule has 1 aromatic carbocycles. The van der Waals surface area contributed by atoms with Gasteiger partial charge in [0.25, 0.3) is 0 Å². The van der Waals surface area contributed by atoms with Gasteiger partial charge in [0.1, 0.15) is 5.75 Å². The Kier molecular flexibility index (Phi) is 4.09. The van der Waals surface area contributed by atoms with Gasteiger partial charge in [-0.15, -0.1) is 0 Å². The Morgan fingerprint density at radius 1 is 1.16 bits per heavy atom. The van der Waals surface area contributed by atoms with Crippen molar-refractivity contribution >= 4 is 6.08 Å². The number of nitro groups is 1. The van der Waals surface area contributed by atoms with E-state index in [-0.39, 0.29) is 11.5 Å². The van der Waals surface area contributed by atoms with Gasteiger partial charge in [0.2, 0.25) is 6.20 Å². The van der Waals surface area contributed by atoms with Gasteiger partial charge in [-0.05, 0) is 87.2 Å². The van der Waals surface area contributed by atoms with Crippen LogP contribution in [0.5, 0.6) is 5.75 Å². The maximum Gasteiger partial charge on any atom is 0.235 e. The second-order valence-corrected chi connectivity index (χ2v) is 8.72. The van der Waals surface area contributed by atoms with E-state index in [1.165, 1.54) is 44.1 Å². The van der Waals surface area contributed by atoms with Gasteiger partial charge >= 0.3 is 0 Å². The molecule has 4 bridgehead atoms. The zero-order valence-corrected chi connectivity index (χ0v) is 15.1. The fraction of sp³-hybridized carbons (Fsp3) is 0.619. The summed E-state index contributed by atoms with van der Waals surface area (Å²) in [6.45, 7) is 4.09. The van der Waals surface area contributed by atoms with E-state index in [9.17, 15) is 10.1 Å². The van der Waals surface area contributed by atoms with Crippen molar-refractivity contribution < 1.29 is 9.66 Å². The van der Waals surface area contributed by atoms with Gasteiger partial charge in [-0.3, -0.25) is 10.1 Å². The van der Waals surface area contributed by atoms with E-state index < -0.39 is 4.92 Å². The molecule has 5 rings (SSSR count). The summed E-state index contributed by atoms with van der Waals surface area (Å²) in [5.41, 5.74) is 2.45. The van der Waals surface area contributed by atoms with Crippen molar-refractivity contribution in [3.05, 3.63) is 45.6 Å². The van der Waals surface area contributed by atoms with Crippen LogP contribution in [0.2, 0.25) is 0 Å². The molecule has 0 amide bonds. The Bertz CT molecular complexity index is 672. The van der Waals surface area contributed by atoms with Gasteiger partial charge in [-0.25, -0.2) is 0 Å². The second-order valence-electron chi connectivity index (χ2n) is 8.72. The first-order valence-corrected chi connectivity index (χ1v) is 9.56. The summed E-state index contributed by atoms with van der Waals surface area (Å²) < 4.78 is 6.18. The highest BCUT2D eigenvalue weighted by Gasteiger charge is 2.52. The Morgan fingerprint density at radius 2 is 1.76 bits per heavy atom. The summed E-state index contributed by atoms with van der Waals surface area (Å²) in [6.07, 6.45) is 10.8. The summed E-state index contributed by atoms with van der Waals surface area (Å²) in [4.78, 5) is 10.2. The molecule has 4 fully saturated rings. The van der Waals surface area contributed by atoms with E-state index in [0.29, 0.717) is 0 Å². The van der Waals surface area contributed by atoms with Crippen molar-refractivity contribution in [2.75, 3.05) is 0 Å². The summed E-state index contributed by atoms with van der Waals surface area (Å²) in [5, 5.41) is 10.6. The van der Waals surface area contributed by atoms with Crippen LogP contribution in [0.15, 0.2) is 24.4 Å². The van der Waals surface area contributed by atoms with Crippen molar-refractivity contribution in [2.24, 2.45) is 17.8 Å². The highest BCUT2D eigenvalue weighted by Crippen LogP contribution is 2.61. The van der Waals surface area contributed by atoms with Crippen LogP contribution in [0.1, 0.15) is 63.5 Å². The Hall–Kier alpha value is -1.84. The average Bonchev–Trinajstić information content (AvgIpc) is 2.51. The summed E-state index contributed by atoms with van der Waals surface area (Å²) in [7, 11) is 0. The lowest BCUT2D eigenvalue weighted by Gasteiger charge is -2.57. The quantitative estimate of drug-likeness (QED) is 0.547. The van der Waals surface area contributed by atoms with E-state index in [2.05, 4.69) is 6.07 Å². The highest BCUT2D eigenvalue weighted by molar-refractivity contribution is 5.55. The molecule has 0 saturated heterocycles. The third-order valence-corrected chi connectivity index (χ3v) is 6.37. The van der Waals surface area contributed by atoms with Crippen LogP contribution in [-0.2, 0) is 5.41 Å². The summed E-state index contributed by atoms with van der Waals surface area (Å²) >= 11 is 0. The van der Waals surface area contributed by atoms with E-state index in [0.717, 1.165) is 35.3 Å². The summed E-state index contributed by atoms with van der Waals surface area (Å²) in [6, 6.07) is 6.19. The monoisotopic (exact) mass is 341 g/mol.